The van der Waals surface area contributed by atoms with Gasteiger partial charge in [0.25, 0.3) is 0 Å². The Hall–Kier alpha value is -6.18. The Balaban J connectivity index is 1.09. The minimum Gasteiger partial charge on any atom is -0.310 e. The molecule has 0 saturated heterocycles. The monoisotopic (exact) mass is 637 g/mol. The number of hydrogen-bond acceptors (Lipinski definition) is 1. The lowest BCUT2D eigenvalue weighted by atomic mass is 9.82. The third-order valence-electron chi connectivity index (χ3n) is 11.0. The molecule has 0 saturated carbocycles. The van der Waals surface area contributed by atoms with Gasteiger partial charge < -0.3 is 4.90 Å². The van der Waals surface area contributed by atoms with E-state index in [1.54, 1.807) is 0 Å². The standard InChI is InChI=1S/C49H35N/c1-49(2)46-29-23-33-12-6-7-15-38(33)48(46)44-28-26-37(31-47(44)49)50(35-13-4-3-5-14-35)36-24-20-32(21-25-36)34-22-27-43-41-18-9-8-16-39(41)40-17-10-11-19-42(40)45(43)30-34/h3-31H,1-2H3. The zero-order valence-corrected chi connectivity index (χ0v) is 28.2. The van der Waals surface area contributed by atoms with E-state index >= 15 is 0 Å². The fourth-order valence-electron chi connectivity index (χ4n) is 8.55. The summed E-state index contributed by atoms with van der Waals surface area (Å²) in [5, 5.41) is 10.4. The highest BCUT2D eigenvalue weighted by Gasteiger charge is 2.37. The van der Waals surface area contributed by atoms with Gasteiger partial charge in [-0.2, -0.15) is 0 Å². The molecule has 0 spiro atoms. The van der Waals surface area contributed by atoms with Gasteiger partial charge in [0.1, 0.15) is 0 Å². The average molecular weight is 638 g/mol. The van der Waals surface area contributed by atoms with Gasteiger partial charge in [-0.15, -0.1) is 0 Å². The zero-order valence-electron chi connectivity index (χ0n) is 28.2. The van der Waals surface area contributed by atoms with Gasteiger partial charge in [-0.25, -0.2) is 0 Å². The van der Waals surface area contributed by atoms with Crippen LogP contribution in [0.3, 0.4) is 0 Å². The van der Waals surface area contributed by atoms with E-state index in [9.17, 15) is 0 Å². The van der Waals surface area contributed by atoms with Crippen molar-refractivity contribution in [2.24, 2.45) is 0 Å². The van der Waals surface area contributed by atoms with Gasteiger partial charge in [0.05, 0.1) is 0 Å². The number of para-hydroxylation sites is 1. The van der Waals surface area contributed by atoms with Crippen LogP contribution in [0.5, 0.6) is 0 Å². The SMILES string of the molecule is CC1(C)c2cc(N(c3ccccc3)c3ccc(-c4ccc5c6ccccc6c6ccccc6c5c4)cc3)ccc2-c2c1ccc1ccccc21. The van der Waals surface area contributed by atoms with Crippen LogP contribution in [0.15, 0.2) is 176 Å². The first-order valence-corrected chi connectivity index (χ1v) is 17.5. The van der Waals surface area contributed by atoms with E-state index in [0.717, 1.165) is 17.1 Å². The molecular formula is C49H35N. The zero-order chi connectivity index (χ0) is 33.4. The molecule has 0 radical (unpaired) electrons. The third kappa shape index (κ3) is 4.27. The summed E-state index contributed by atoms with van der Waals surface area (Å²) in [7, 11) is 0. The Kier molecular flexibility index (Phi) is 6.29. The Morgan fingerprint density at radius 3 is 1.60 bits per heavy atom. The van der Waals surface area contributed by atoms with Gasteiger partial charge in [-0.3, -0.25) is 0 Å². The molecule has 0 unspecified atom stereocenters. The molecule has 0 amide bonds. The molecule has 1 aliphatic rings. The maximum absolute atomic E-state index is 2.42. The number of rotatable bonds is 4. The molecule has 1 nitrogen and oxygen atoms in total. The summed E-state index contributed by atoms with van der Waals surface area (Å²) >= 11 is 0. The summed E-state index contributed by atoms with van der Waals surface area (Å²) in [5.41, 5.74) is 11.2. The fraction of sp³-hybridized carbons (Fsp3) is 0.0612. The predicted molar refractivity (Wildman–Crippen MR) is 214 cm³/mol. The van der Waals surface area contributed by atoms with Crippen LogP contribution in [0.2, 0.25) is 0 Å². The minimum atomic E-state index is -0.109. The molecule has 1 aliphatic carbocycles. The molecule has 50 heavy (non-hydrogen) atoms. The van der Waals surface area contributed by atoms with Crippen molar-refractivity contribution >= 4 is 60.2 Å². The lowest BCUT2D eigenvalue weighted by Gasteiger charge is -2.28. The van der Waals surface area contributed by atoms with Crippen molar-refractivity contribution in [3.63, 3.8) is 0 Å². The van der Waals surface area contributed by atoms with Crippen LogP contribution >= 0.6 is 0 Å². The molecule has 0 aromatic heterocycles. The molecule has 236 valence electrons. The normalized spacial score (nSPS) is 13.2. The molecule has 0 bridgehead atoms. The van der Waals surface area contributed by atoms with Crippen LogP contribution in [0.4, 0.5) is 17.1 Å². The van der Waals surface area contributed by atoms with E-state index in [2.05, 4.69) is 195 Å². The second kappa shape index (κ2) is 10.9. The number of benzene rings is 9. The smallest absolute Gasteiger partial charge is 0.0465 e. The molecule has 0 fully saturated rings. The van der Waals surface area contributed by atoms with Crippen LogP contribution in [0, 0.1) is 0 Å². The predicted octanol–water partition coefficient (Wildman–Crippen LogP) is 13.7. The molecule has 0 N–H and O–H groups in total. The van der Waals surface area contributed by atoms with Gasteiger partial charge >= 0.3 is 0 Å². The summed E-state index contributed by atoms with van der Waals surface area (Å²) in [4.78, 5) is 2.39. The van der Waals surface area contributed by atoms with Crippen molar-refractivity contribution < 1.29 is 0 Å². The second-order valence-electron chi connectivity index (χ2n) is 14.1. The maximum atomic E-state index is 2.42. The lowest BCUT2D eigenvalue weighted by Crippen LogP contribution is -2.16. The number of anilines is 3. The average Bonchev–Trinajstić information content (AvgIpc) is 3.41. The Morgan fingerprint density at radius 2 is 0.900 bits per heavy atom. The molecular weight excluding hydrogens is 603 g/mol. The van der Waals surface area contributed by atoms with E-state index < -0.39 is 0 Å². The summed E-state index contributed by atoms with van der Waals surface area (Å²) in [6, 6.07) is 64.8. The highest BCUT2D eigenvalue weighted by Crippen LogP contribution is 2.53. The van der Waals surface area contributed by atoms with E-state index in [1.807, 2.05) is 0 Å². The summed E-state index contributed by atoms with van der Waals surface area (Å²) in [6.07, 6.45) is 0. The van der Waals surface area contributed by atoms with Gasteiger partial charge in [0.15, 0.2) is 0 Å². The summed E-state index contributed by atoms with van der Waals surface area (Å²) in [5.74, 6) is 0. The molecule has 0 heterocycles. The Bertz CT molecular complexity index is 2740. The van der Waals surface area contributed by atoms with Crippen molar-refractivity contribution in [3.8, 4) is 22.3 Å². The van der Waals surface area contributed by atoms with Crippen molar-refractivity contribution in [1.82, 2.24) is 0 Å². The van der Waals surface area contributed by atoms with Crippen LogP contribution in [0.25, 0.3) is 65.3 Å². The quantitative estimate of drug-likeness (QED) is 0.174. The van der Waals surface area contributed by atoms with Crippen LogP contribution in [-0.4, -0.2) is 0 Å². The van der Waals surface area contributed by atoms with Gasteiger partial charge in [0.2, 0.25) is 0 Å². The first-order chi connectivity index (χ1) is 24.6. The number of fused-ring (bicyclic) bond motifs is 11. The first-order valence-electron chi connectivity index (χ1n) is 17.5. The molecule has 10 rings (SSSR count). The Labute approximate surface area is 292 Å². The first kappa shape index (κ1) is 28.8. The van der Waals surface area contributed by atoms with Gasteiger partial charge in [-0.1, -0.05) is 147 Å². The summed E-state index contributed by atoms with van der Waals surface area (Å²) < 4.78 is 0. The van der Waals surface area contributed by atoms with Crippen molar-refractivity contribution in [3.05, 3.63) is 187 Å². The maximum Gasteiger partial charge on any atom is 0.0465 e. The number of hydrogen-bond donors (Lipinski definition) is 0. The number of nitrogens with zero attached hydrogens (tertiary/aromatic N) is 1. The van der Waals surface area contributed by atoms with E-state index in [4.69, 9.17) is 0 Å². The van der Waals surface area contributed by atoms with Crippen LogP contribution < -0.4 is 4.90 Å². The van der Waals surface area contributed by atoms with E-state index in [0.29, 0.717) is 0 Å². The van der Waals surface area contributed by atoms with Gasteiger partial charge in [-0.05, 0) is 119 Å². The van der Waals surface area contributed by atoms with Crippen LogP contribution in [0.1, 0.15) is 25.0 Å². The molecule has 9 aromatic carbocycles. The Morgan fingerprint density at radius 1 is 0.360 bits per heavy atom. The largest absolute Gasteiger partial charge is 0.310 e. The highest BCUT2D eigenvalue weighted by atomic mass is 15.1. The topological polar surface area (TPSA) is 3.24 Å². The minimum absolute atomic E-state index is 0.109. The van der Waals surface area contributed by atoms with E-state index in [-0.39, 0.29) is 5.41 Å². The molecule has 0 atom stereocenters. The third-order valence-corrected chi connectivity index (χ3v) is 11.0. The lowest BCUT2D eigenvalue weighted by molar-refractivity contribution is 0.661. The van der Waals surface area contributed by atoms with E-state index in [1.165, 1.54) is 76.5 Å². The highest BCUT2D eigenvalue weighted by molar-refractivity contribution is 6.25. The van der Waals surface area contributed by atoms with Crippen molar-refractivity contribution in [2.75, 3.05) is 4.90 Å². The summed E-state index contributed by atoms with van der Waals surface area (Å²) in [6.45, 7) is 4.74. The molecule has 1 heteroatoms. The second-order valence-corrected chi connectivity index (χ2v) is 14.1. The fourth-order valence-corrected chi connectivity index (χ4v) is 8.55. The van der Waals surface area contributed by atoms with Crippen LogP contribution in [-0.2, 0) is 5.41 Å². The molecule has 0 aliphatic heterocycles. The molecule has 9 aromatic rings. The van der Waals surface area contributed by atoms with Gasteiger partial charge in [0, 0.05) is 22.5 Å². The van der Waals surface area contributed by atoms with Crippen molar-refractivity contribution in [2.45, 2.75) is 19.3 Å². The van der Waals surface area contributed by atoms with Crippen molar-refractivity contribution in [1.29, 1.82) is 0 Å².